The van der Waals surface area contributed by atoms with Crippen LogP contribution in [0.5, 0.6) is 0 Å². The Balaban J connectivity index is 0.00000145. The molecule has 3 amide bonds. The third-order valence-electron chi connectivity index (χ3n) is 21.8. The zero-order valence-corrected chi connectivity index (χ0v) is 81.0. The maximum atomic E-state index is 13.3. The Morgan fingerprint density at radius 2 is 0.797 bits per heavy atom. The minimum absolute atomic E-state index is 0.0104. The van der Waals surface area contributed by atoms with Gasteiger partial charge in [-0.3, -0.25) is 52.7 Å². The van der Waals surface area contributed by atoms with Crippen molar-refractivity contribution in [3.63, 3.8) is 0 Å². The van der Waals surface area contributed by atoms with Crippen LogP contribution in [-0.2, 0) is 86.8 Å². The lowest BCUT2D eigenvalue weighted by molar-refractivity contribution is -0.154. The highest BCUT2D eigenvalue weighted by molar-refractivity contribution is 5.97. The van der Waals surface area contributed by atoms with Gasteiger partial charge in [-0.1, -0.05) is 277 Å². The number of alkyl carbamates (subject to hydrolysis) is 1. The van der Waals surface area contributed by atoms with Crippen molar-refractivity contribution in [2.45, 2.75) is 353 Å². The number of nitrogens with one attached hydrogen (secondary N) is 1. The third-order valence-corrected chi connectivity index (χ3v) is 21.8. The number of amides is 3. The number of aliphatic hydroxyl groups excluding tert-OH is 4. The number of nitrogens with zero attached hydrogens (tertiary/aromatic N) is 2. The first-order valence-corrected chi connectivity index (χ1v) is 44.2. The van der Waals surface area contributed by atoms with Crippen molar-refractivity contribution in [1.82, 2.24) is 15.1 Å². The Labute approximate surface area is 738 Å². The largest absolute Gasteiger partial charge is 0.461 e. The molecule has 6 rings (SSSR count). The van der Waals surface area contributed by atoms with Crippen molar-refractivity contribution < 1.29 is 92.2 Å². The summed E-state index contributed by atoms with van der Waals surface area (Å²) in [5, 5.41) is 41.7. The van der Waals surface area contributed by atoms with Crippen LogP contribution >= 0.6 is 0 Å². The summed E-state index contributed by atoms with van der Waals surface area (Å²) in [6.45, 7) is 59.3. The van der Waals surface area contributed by atoms with Gasteiger partial charge in [-0.2, -0.15) is 0 Å². The highest BCUT2D eigenvalue weighted by atomic mass is 16.6. The van der Waals surface area contributed by atoms with Gasteiger partial charge in [-0.25, -0.2) is 4.79 Å². The van der Waals surface area contributed by atoms with E-state index in [9.17, 15) is 78.0 Å². The molecule has 3 fully saturated rings. The van der Waals surface area contributed by atoms with Gasteiger partial charge in [0.05, 0.1) is 60.3 Å². The molecular weight excluding hydrogens is 1560 g/mol. The van der Waals surface area contributed by atoms with Gasteiger partial charge in [-0.05, 0) is 115 Å². The highest BCUT2D eigenvalue weighted by Gasteiger charge is 2.46. The number of ether oxygens (including phenoxy) is 3. The zero-order chi connectivity index (χ0) is 95.6. The summed E-state index contributed by atoms with van der Waals surface area (Å²) in [7, 11) is 0. The fourth-order valence-corrected chi connectivity index (χ4v) is 13.3. The monoisotopic (exact) mass is 1730 g/mol. The van der Waals surface area contributed by atoms with Crippen molar-refractivity contribution in [3.8, 4) is 0 Å². The molecule has 0 spiro atoms. The first kappa shape index (κ1) is 115. The number of esters is 2. The van der Waals surface area contributed by atoms with Gasteiger partial charge in [0.25, 0.3) is 0 Å². The van der Waals surface area contributed by atoms with Crippen LogP contribution in [0.15, 0.2) is 91.0 Å². The molecule has 0 radical (unpaired) electrons. The Kier molecular flexibility index (Phi) is 49.1. The van der Waals surface area contributed by atoms with Crippen molar-refractivity contribution >= 4 is 70.3 Å². The molecule has 1 saturated carbocycles. The SMILES string of the molecule is CC(C)(C)C(=O)OCc1ccccc1.CC(C)C(C)C(=O)C(C)(C)C.CC(C)C(N)C(=O)C(C)(C)C.CC(O)C(C)C(=O)C1CCCC1C(=O)C(C)(C)C.CC(O)C(CC(=O)OCc1ccccc1)C(=O)C(C)(C)C.CC(O)C(N)C(=O)N1CCCC1C(=O)C(C)(C)C.CCCC(O)C(NC(=O)OCc1ccccc1)C(=O)N1CCCC1C(=O)C(C)(C)C. The van der Waals surface area contributed by atoms with Crippen LogP contribution in [0.25, 0.3) is 0 Å². The van der Waals surface area contributed by atoms with E-state index in [0.29, 0.717) is 63.5 Å². The topological polar surface area (TPSA) is 384 Å². The normalized spacial score (nSPS) is 18.5. The van der Waals surface area contributed by atoms with Crippen LogP contribution in [0.1, 0.15) is 296 Å². The molecule has 9 N–H and O–H groups in total. The van der Waals surface area contributed by atoms with Crippen LogP contribution in [0, 0.1) is 79.3 Å². The smallest absolute Gasteiger partial charge is 0.408 e. The summed E-state index contributed by atoms with van der Waals surface area (Å²) in [5.41, 5.74) is 11.2. The Bertz CT molecular complexity index is 3650. The van der Waals surface area contributed by atoms with Crippen LogP contribution in [0.3, 0.4) is 0 Å². The minimum atomic E-state index is -1.15. The number of hydrogen-bond donors (Lipinski definition) is 7. The summed E-state index contributed by atoms with van der Waals surface area (Å²) < 4.78 is 15.6. The second-order valence-corrected chi connectivity index (χ2v) is 41.3. The van der Waals surface area contributed by atoms with E-state index in [4.69, 9.17) is 25.7 Å². The number of likely N-dealkylation sites (tertiary alicyclic amines) is 2. The van der Waals surface area contributed by atoms with Gasteiger partial charge < -0.3 is 61.2 Å². The summed E-state index contributed by atoms with van der Waals surface area (Å²) in [4.78, 5) is 149. The Hall–Kier alpha value is -7.74. The summed E-state index contributed by atoms with van der Waals surface area (Å²) in [5.74, 6) is -1.25. The molecule has 2 saturated heterocycles. The average molecular weight is 1730 g/mol. The molecule has 3 aromatic rings. The number of benzene rings is 3. The number of carbonyl (C=O) groups is 12. The molecular formula is C99H163N5O19. The lowest BCUT2D eigenvalue weighted by Crippen LogP contribution is -2.57. The molecule has 698 valence electrons. The van der Waals surface area contributed by atoms with Crippen molar-refractivity contribution in [3.05, 3.63) is 108 Å². The lowest BCUT2D eigenvalue weighted by atomic mass is 9.75. The fraction of sp³-hybridized carbons (Fsp3) is 0.697. The van der Waals surface area contributed by atoms with E-state index in [1.165, 1.54) is 23.6 Å². The van der Waals surface area contributed by atoms with Crippen LogP contribution < -0.4 is 16.8 Å². The maximum absolute atomic E-state index is 13.3. The summed E-state index contributed by atoms with van der Waals surface area (Å²) >= 11 is 0. The van der Waals surface area contributed by atoms with Gasteiger partial charge in [0.15, 0.2) is 17.3 Å². The van der Waals surface area contributed by atoms with Gasteiger partial charge in [0, 0.05) is 69.3 Å². The van der Waals surface area contributed by atoms with Gasteiger partial charge in [0.1, 0.15) is 55.0 Å². The number of nitrogens with two attached hydrogens (primary N) is 2. The van der Waals surface area contributed by atoms with E-state index in [2.05, 4.69) is 19.2 Å². The number of carbonyl (C=O) groups excluding carboxylic acids is 12. The lowest BCUT2D eigenvalue weighted by Gasteiger charge is -2.33. The molecule has 0 bridgehead atoms. The molecule has 0 aromatic heterocycles. The van der Waals surface area contributed by atoms with E-state index >= 15 is 0 Å². The molecule has 14 unspecified atom stereocenters. The quantitative estimate of drug-likeness (QED) is 0.0275. The highest BCUT2D eigenvalue weighted by Crippen LogP contribution is 2.40. The molecule has 2 aliphatic heterocycles. The number of rotatable bonds is 27. The molecule has 123 heavy (non-hydrogen) atoms. The Morgan fingerprint density at radius 3 is 1.12 bits per heavy atom. The zero-order valence-electron chi connectivity index (χ0n) is 81.0. The van der Waals surface area contributed by atoms with E-state index in [1.54, 1.807) is 34.6 Å². The van der Waals surface area contributed by atoms with Gasteiger partial charge >= 0.3 is 18.0 Å². The standard InChI is InChI=1S/C23H34N2O5.C17H24O4.C15H26O3.C13H24N2O3.C12H16O2.C10H20O.C9H19NO/c1-5-10-18(26)19(24-22(29)30-15-16-11-7-6-8-12-16)21(28)25-14-9-13-17(25)20(27)23(2,3)4;1-12(18)14(16(20)17(2,3)4)10-15(19)21-11-13-8-6-5-7-9-13;1-9(10(2)16)13(17)11-7-6-8-12(11)14(18)15(3,4)5;1-8(16)10(14)12(18)15-7-5-6-9(15)11(17)13(2,3)4;1-12(2,3)11(13)14-9-10-7-5-4-6-8-10;1-7(2)8(3)9(11)10(4,5)6;1-6(2)7(10)8(11)9(3,4)5/h6-8,11-12,17-19,26H,5,9-10,13-15H2,1-4H3,(H,24,29);5-9,12,14,18H,10-11H2,1-4H3;9-12,16H,6-8H2,1-5H3;8-10,16H,5-7,14H2,1-4H3;4-8H,9H2,1-3H3;7-8H,1-6H3;6-7H,10H2,1-5H3. The second-order valence-electron chi connectivity index (χ2n) is 41.3. The molecule has 3 aliphatic rings. The second kappa shape index (κ2) is 52.4. The van der Waals surface area contributed by atoms with E-state index < -0.39 is 88.1 Å². The molecule has 2 heterocycles. The van der Waals surface area contributed by atoms with Crippen LogP contribution in [0.4, 0.5) is 4.79 Å². The predicted octanol–water partition coefficient (Wildman–Crippen LogP) is 15.9. The van der Waals surface area contributed by atoms with Crippen molar-refractivity contribution in [1.29, 1.82) is 0 Å². The first-order valence-electron chi connectivity index (χ1n) is 44.2. The maximum Gasteiger partial charge on any atom is 0.408 e. The minimum Gasteiger partial charge on any atom is -0.461 e. The van der Waals surface area contributed by atoms with Crippen molar-refractivity contribution in [2.24, 2.45) is 90.8 Å². The molecule has 3 aromatic carbocycles. The summed E-state index contributed by atoms with van der Waals surface area (Å²) in [6.07, 6.45) is 2.02. The molecule has 1 aliphatic carbocycles. The van der Waals surface area contributed by atoms with Crippen LogP contribution in [-0.4, -0.2) is 168 Å². The molecule has 14 atom stereocenters. The average Bonchev–Trinajstić information content (AvgIpc) is 1.70. The Morgan fingerprint density at radius 1 is 0.415 bits per heavy atom. The van der Waals surface area contributed by atoms with E-state index in [0.717, 1.165) is 42.4 Å². The van der Waals surface area contributed by atoms with Crippen molar-refractivity contribution in [2.75, 3.05) is 13.1 Å². The fourth-order valence-electron chi connectivity index (χ4n) is 13.3. The summed E-state index contributed by atoms with van der Waals surface area (Å²) in [6, 6.07) is 24.9. The first-order chi connectivity index (χ1) is 56.2. The van der Waals surface area contributed by atoms with Gasteiger partial charge in [-0.15, -0.1) is 0 Å². The predicted molar refractivity (Wildman–Crippen MR) is 486 cm³/mol. The number of hydrogen-bond acceptors (Lipinski definition) is 21. The van der Waals surface area contributed by atoms with Gasteiger partial charge in [0.2, 0.25) is 11.8 Å². The molecule has 24 nitrogen and oxygen atoms in total. The van der Waals surface area contributed by atoms with E-state index in [-0.39, 0.29) is 124 Å². The number of aliphatic hydroxyl groups is 4. The number of ketones is 7. The van der Waals surface area contributed by atoms with Crippen LogP contribution in [0.2, 0.25) is 0 Å². The number of Topliss-reactive ketones (excluding diaryl/α,β-unsaturated/α-hetero) is 7. The van der Waals surface area contributed by atoms with E-state index in [1.807, 2.05) is 243 Å². The molecule has 24 heteroatoms. The third kappa shape index (κ3) is 41.5.